The Hall–Kier alpha value is -1.45. The second kappa shape index (κ2) is 3.74. The highest BCUT2D eigenvalue weighted by molar-refractivity contribution is 5.72. The van der Waals surface area contributed by atoms with Crippen molar-refractivity contribution in [2.75, 3.05) is 12.4 Å². The average Bonchev–Trinajstić information content (AvgIpc) is 2.48. The van der Waals surface area contributed by atoms with E-state index in [2.05, 4.69) is 5.32 Å². The van der Waals surface area contributed by atoms with Crippen LogP contribution >= 0.6 is 0 Å². The average molecular weight is 196 g/mol. The molecule has 0 bridgehead atoms. The summed E-state index contributed by atoms with van der Waals surface area (Å²) in [4.78, 5) is 11.5. The van der Waals surface area contributed by atoms with Gasteiger partial charge in [-0.3, -0.25) is 4.57 Å². The van der Waals surface area contributed by atoms with E-state index in [-0.39, 0.29) is 6.09 Å². The lowest BCUT2D eigenvalue weighted by molar-refractivity contribution is 0.0537. The van der Waals surface area contributed by atoms with E-state index in [1.54, 1.807) is 19.4 Å². The van der Waals surface area contributed by atoms with Gasteiger partial charge in [0.05, 0.1) is 5.69 Å². The zero-order chi connectivity index (χ0) is 10.8. The molecule has 4 heteroatoms. The summed E-state index contributed by atoms with van der Waals surface area (Å²) in [5.41, 5.74) is 0.428. The van der Waals surface area contributed by atoms with Gasteiger partial charge in [-0.1, -0.05) is 0 Å². The highest BCUT2D eigenvalue weighted by atomic mass is 16.6. The van der Waals surface area contributed by atoms with Gasteiger partial charge in [0.15, 0.2) is 0 Å². The molecule has 0 amide bonds. The normalized spacial score (nSPS) is 11.1. The molecule has 0 saturated heterocycles. The number of hydrogen-bond donors (Lipinski definition) is 1. The van der Waals surface area contributed by atoms with Crippen molar-refractivity contribution in [3.63, 3.8) is 0 Å². The molecule has 0 aromatic carbocycles. The van der Waals surface area contributed by atoms with Gasteiger partial charge in [-0.15, -0.1) is 0 Å². The summed E-state index contributed by atoms with van der Waals surface area (Å²) in [6.45, 7) is 5.52. The van der Waals surface area contributed by atoms with Gasteiger partial charge in [0.25, 0.3) is 0 Å². The molecule has 4 nitrogen and oxygen atoms in total. The maximum absolute atomic E-state index is 11.5. The molecule has 14 heavy (non-hydrogen) atoms. The van der Waals surface area contributed by atoms with Crippen LogP contribution in [0.15, 0.2) is 18.5 Å². The van der Waals surface area contributed by atoms with Gasteiger partial charge < -0.3 is 10.1 Å². The van der Waals surface area contributed by atoms with E-state index >= 15 is 0 Å². The van der Waals surface area contributed by atoms with E-state index in [1.165, 1.54) is 4.57 Å². The van der Waals surface area contributed by atoms with Crippen molar-refractivity contribution in [2.45, 2.75) is 26.4 Å². The Balaban J connectivity index is 2.70. The third kappa shape index (κ3) is 2.80. The number of anilines is 1. The number of hydrogen-bond acceptors (Lipinski definition) is 3. The van der Waals surface area contributed by atoms with Crippen LogP contribution in [0.4, 0.5) is 10.5 Å². The van der Waals surface area contributed by atoms with Crippen LogP contribution in [0.5, 0.6) is 0 Å². The molecular weight excluding hydrogens is 180 g/mol. The SMILES string of the molecule is CNc1ccn(C(=O)OC(C)(C)C)c1. The Labute approximate surface area is 83.9 Å². The Kier molecular flexibility index (Phi) is 2.84. The molecule has 0 unspecified atom stereocenters. The molecule has 0 aliphatic rings. The molecule has 0 aliphatic carbocycles. The molecule has 1 heterocycles. The van der Waals surface area contributed by atoms with Gasteiger partial charge in [0, 0.05) is 19.4 Å². The van der Waals surface area contributed by atoms with Gasteiger partial charge >= 0.3 is 6.09 Å². The zero-order valence-corrected chi connectivity index (χ0v) is 9.00. The highest BCUT2D eigenvalue weighted by Gasteiger charge is 2.17. The van der Waals surface area contributed by atoms with Gasteiger partial charge in [0.2, 0.25) is 0 Å². The van der Waals surface area contributed by atoms with Gasteiger partial charge in [0.1, 0.15) is 5.60 Å². The summed E-state index contributed by atoms with van der Waals surface area (Å²) in [6.07, 6.45) is 2.99. The zero-order valence-electron chi connectivity index (χ0n) is 9.00. The van der Waals surface area contributed by atoms with E-state index in [4.69, 9.17) is 4.74 Å². The van der Waals surface area contributed by atoms with Crippen LogP contribution in [-0.2, 0) is 4.74 Å². The molecule has 78 valence electrons. The Bertz CT molecular complexity index is 323. The lowest BCUT2D eigenvalue weighted by Gasteiger charge is -2.19. The quantitative estimate of drug-likeness (QED) is 0.749. The first-order chi connectivity index (χ1) is 6.42. The van der Waals surface area contributed by atoms with Crippen molar-refractivity contribution < 1.29 is 9.53 Å². The number of nitrogens with zero attached hydrogens (tertiary/aromatic N) is 1. The number of carbonyl (C=O) groups is 1. The first-order valence-corrected chi connectivity index (χ1v) is 4.51. The summed E-state index contributed by atoms with van der Waals surface area (Å²) in [6, 6.07) is 1.81. The van der Waals surface area contributed by atoms with Crippen LogP contribution in [0.25, 0.3) is 0 Å². The summed E-state index contributed by atoms with van der Waals surface area (Å²) in [7, 11) is 1.80. The number of rotatable bonds is 1. The topological polar surface area (TPSA) is 43.3 Å². The Morgan fingerprint density at radius 3 is 2.57 bits per heavy atom. The van der Waals surface area contributed by atoms with Crippen LogP contribution in [0.2, 0.25) is 0 Å². The van der Waals surface area contributed by atoms with E-state index < -0.39 is 5.60 Å². The molecule has 0 saturated carbocycles. The second-order valence-electron chi connectivity index (χ2n) is 4.04. The van der Waals surface area contributed by atoms with Crippen molar-refractivity contribution in [3.05, 3.63) is 18.5 Å². The predicted octanol–water partition coefficient (Wildman–Crippen LogP) is 2.31. The number of nitrogens with one attached hydrogen (secondary N) is 1. The molecule has 1 N–H and O–H groups in total. The van der Waals surface area contributed by atoms with Crippen molar-refractivity contribution in [2.24, 2.45) is 0 Å². The lowest BCUT2D eigenvalue weighted by Crippen LogP contribution is -2.26. The summed E-state index contributed by atoms with van der Waals surface area (Å²) in [5.74, 6) is 0. The molecule has 0 fully saturated rings. The molecule has 0 aliphatic heterocycles. The van der Waals surface area contributed by atoms with Crippen LogP contribution in [0, 0.1) is 0 Å². The highest BCUT2D eigenvalue weighted by Crippen LogP contribution is 2.11. The van der Waals surface area contributed by atoms with Crippen molar-refractivity contribution in [1.29, 1.82) is 0 Å². The maximum Gasteiger partial charge on any atom is 0.418 e. The fraction of sp³-hybridized carbons (Fsp3) is 0.500. The number of aromatic nitrogens is 1. The third-order valence-corrected chi connectivity index (χ3v) is 1.59. The molecular formula is C10H16N2O2. The fourth-order valence-electron chi connectivity index (χ4n) is 0.973. The summed E-state index contributed by atoms with van der Waals surface area (Å²) in [5, 5.41) is 2.94. The van der Waals surface area contributed by atoms with Crippen molar-refractivity contribution >= 4 is 11.8 Å². The van der Waals surface area contributed by atoms with E-state index in [0.717, 1.165) is 5.69 Å². The van der Waals surface area contributed by atoms with Gasteiger partial charge in [-0.05, 0) is 26.8 Å². The second-order valence-corrected chi connectivity index (χ2v) is 4.04. The summed E-state index contributed by atoms with van der Waals surface area (Å²) < 4.78 is 6.59. The van der Waals surface area contributed by atoms with Crippen LogP contribution in [0.3, 0.4) is 0 Å². The molecule has 1 rings (SSSR count). The van der Waals surface area contributed by atoms with Crippen molar-refractivity contribution in [3.8, 4) is 0 Å². The number of ether oxygens (including phenoxy) is 1. The first kappa shape index (κ1) is 10.6. The minimum atomic E-state index is -0.457. The standard InChI is InChI=1S/C10H16N2O2/c1-10(2,3)14-9(13)12-6-5-8(7-12)11-4/h5-7,11H,1-4H3. The van der Waals surface area contributed by atoms with E-state index in [9.17, 15) is 4.79 Å². The molecule has 0 spiro atoms. The van der Waals surface area contributed by atoms with Gasteiger partial charge in [-0.2, -0.15) is 0 Å². The third-order valence-electron chi connectivity index (χ3n) is 1.59. The summed E-state index contributed by atoms with van der Waals surface area (Å²) >= 11 is 0. The molecule has 1 aromatic heterocycles. The number of carbonyl (C=O) groups excluding carboxylic acids is 1. The minimum Gasteiger partial charge on any atom is -0.443 e. The van der Waals surface area contributed by atoms with E-state index in [0.29, 0.717) is 0 Å². The van der Waals surface area contributed by atoms with Crippen LogP contribution < -0.4 is 5.32 Å². The smallest absolute Gasteiger partial charge is 0.418 e. The largest absolute Gasteiger partial charge is 0.443 e. The van der Waals surface area contributed by atoms with Crippen molar-refractivity contribution in [1.82, 2.24) is 4.57 Å². The van der Waals surface area contributed by atoms with E-state index in [1.807, 2.05) is 26.8 Å². The van der Waals surface area contributed by atoms with Crippen LogP contribution in [0.1, 0.15) is 20.8 Å². The van der Waals surface area contributed by atoms with Gasteiger partial charge in [-0.25, -0.2) is 4.79 Å². The van der Waals surface area contributed by atoms with Crippen LogP contribution in [-0.4, -0.2) is 23.3 Å². The minimum absolute atomic E-state index is 0.362. The lowest BCUT2D eigenvalue weighted by atomic mass is 10.2. The molecule has 0 atom stereocenters. The molecule has 1 aromatic rings. The first-order valence-electron chi connectivity index (χ1n) is 4.51. The Morgan fingerprint density at radius 1 is 1.50 bits per heavy atom. The molecule has 0 radical (unpaired) electrons. The monoisotopic (exact) mass is 196 g/mol. The fourth-order valence-corrected chi connectivity index (χ4v) is 0.973. The Morgan fingerprint density at radius 2 is 2.14 bits per heavy atom. The predicted molar refractivity (Wildman–Crippen MR) is 55.6 cm³/mol. The maximum atomic E-state index is 11.5.